The number of nitrogens with zero attached hydrogens (tertiary/aromatic N) is 2. The molecule has 0 radical (unpaired) electrons. The predicted octanol–water partition coefficient (Wildman–Crippen LogP) is 2.64. The SMILES string of the molecule is Cc1cc(Br)ccc1NC(=O)CN(C)[C@H](C)C(=O)N1CCCC1. The van der Waals surface area contributed by atoms with Gasteiger partial charge in [0, 0.05) is 23.2 Å². The van der Waals surface area contributed by atoms with Crippen LogP contribution in [0.5, 0.6) is 0 Å². The molecular formula is C17H24BrN3O2. The van der Waals surface area contributed by atoms with E-state index in [1.807, 2.05) is 44.0 Å². The average molecular weight is 382 g/mol. The highest BCUT2D eigenvalue weighted by molar-refractivity contribution is 9.10. The van der Waals surface area contributed by atoms with Crippen LogP contribution in [0.1, 0.15) is 25.3 Å². The Balaban J connectivity index is 1.89. The number of hydrogen-bond acceptors (Lipinski definition) is 3. The largest absolute Gasteiger partial charge is 0.341 e. The van der Waals surface area contributed by atoms with Gasteiger partial charge in [0.25, 0.3) is 0 Å². The van der Waals surface area contributed by atoms with Crippen molar-refractivity contribution in [3.63, 3.8) is 0 Å². The number of amides is 2. The van der Waals surface area contributed by atoms with Gasteiger partial charge >= 0.3 is 0 Å². The van der Waals surface area contributed by atoms with Crippen molar-refractivity contribution < 1.29 is 9.59 Å². The van der Waals surface area contributed by atoms with Crippen molar-refractivity contribution in [2.45, 2.75) is 32.7 Å². The molecule has 2 amide bonds. The van der Waals surface area contributed by atoms with Crippen LogP contribution >= 0.6 is 15.9 Å². The number of likely N-dealkylation sites (N-methyl/N-ethyl adjacent to an activating group) is 1. The molecule has 1 N–H and O–H groups in total. The van der Waals surface area contributed by atoms with Gasteiger partial charge in [0.05, 0.1) is 12.6 Å². The van der Waals surface area contributed by atoms with Crippen molar-refractivity contribution in [1.82, 2.24) is 9.80 Å². The summed E-state index contributed by atoms with van der Waals surface area (Å²) in [5.74, 6) is -0.00313. The molecule has 5 nitrogen and oxygen atoms in total. The Labute approximate surface area is 146 Å². The molecule has 1 fully saturated rings. The molecule has 2 rings (SSSR count). The Hall–Kier alpha value is -1.40. The second-order valence-corrected chi connectivity index (χ2v) is 7.05. The summed E-state index contributed by atoms with van der Waals surface area (Å²) >= 11 is 3.41. The van der Waals surface area contributed by atoms with Gasteiger partial charge in [-0.25, -0.2) is 0 Å². The number of hydrogen-bond donors (Lipinski definition) is 1. The van der Waals surface area contributed by atoms with Gasteiger partial charge in [0.15, 0.2) is 0 Å². The lowest BCUT2D eigenvalue weighted by Crippen LogP contribution is -2.46. The minimum atomic E-state index is -0.287. The third-order valence-corrected chi connectivity index (χ3v) is 4.79. The van der Waals surface area contributed by atoms with E-state index in [-0.39, 0.29) is 24.4 Å². The van der Waals surface area contributed by atoms with E-state index in [4.69, 9.17) is 0 Å². The number of carbonyl (C=O) groups is 2. The van der Waals surface area contributed by atoms with Crippen molar-refractivity contribution >= 4 is 33.4 Å². The number of carbonyl (C=O) groups excluding carboxylic acids is 2. The van der Waals surface area contributed by atoms with E-state index >= 15 is 0 Å². The maximum atomic E-state index is 12.4. The maximum absolute atomic E-state index is 12.4. The lowest BCUT2D eigenvalue weighted by Gasteiger charge is -2.27. The van der Waals surface area contributed by atoms with Crippen molar-refractivity contribution in [3.8, 4) is 0 Å². The molecule has 1 aliphatic heterocycles. The van der Waals surface area contributed by atoms with Gasteiger partial charge in [-0.2, -0.15) is 0 Å². The zero-order chi connectivity index (χ0) is 17.0. The van der Waals surface area contributed by atoms with Crippen LogP contribution < -0.4 is 5.32 Å². The Morgan fingerprint density at radius 3 is 2.61 bits per heavy atom. The molecule has 126 valence electrons. The number of nitrogens with one attached hydrogen (secondary N) is 1. The summed E-state index contributed by atoms with van der Waals surface area (Å²) in [6.07, 6.45) is 2.15. The van der Waals surface area contributed by atoms with Crippen molar-refractivity contribution in [2.24, 2.45) is 0 Å². The number of benzene rings is 1. The molecule has 1 aromatic rings. The Bertz CT molecular complexity index is 585. The quantitative estimate of drug-likeness (QED) is 0.852. The lowest BCUT2D eigenvalue weighted by molar-refractivity contribution is -0.135. The van der Waals surface area contributed by atoms with Crippen LogP contribution in [-0.2, 0) is 9.59 Å². The first-order chi connectivity index (χ1) is 10.9. The van der Waals surface area contributed by atoms with E-state index in [0.29, 0.717) is 0 Å². The molecule has 1 heterocycles. The molecule has 1 aromatic carbocycles. The van der Waals surface area contributed by atoms with Crippen molar-refractivity contribution in [1.29, 1.82) is 0 Å². The van der Waals surface area contributed by atoms with Crippen LogP contribution in [0.15, 0.2) is 22.7 Å². The summed E-state index contributed by atoms with van der Waals surface area (Å²) in [5.41, 5.74) is 1.79. The second kappa shape index (κ2) is 7.93. The Morgan fingerprint density at radius 1 is 1.35 bits per heavy atom. The van der Waals surface area contributed by atoms with Gasteiger partial charge in [-0.05, 0) is 57.5 Å². The van der Waals surface area contributed by atoms with Gasteiger partial charge in [-0.1, -0.05) is 15.9 Å². The van der Waals surface area contributed by atoms with Crippen LogP contribution in [0, 0.1) is 6.92 Å². The van der Waals surface area contributed by atoms with E-state index in [1.165, 1.54) is 0 Å². The fraction of sp³-hybridized carbons (Fsp3) is 0.529. The molecule has 6 heteroatoms. The molecule has 0 bridgehead atoms. The zero-order valence-electron chi connectivity index (χ0n) is 13.9. The molecule has 0 aliphatic carbocycles. The van der Waals surface area contributed by atoms with Gasteiger partial charge in [-0.3, -0.25) is 14.5 Å². The Kier molecular flexibility index (Phi) is 6.18. The summed E-state index contributed by atoms with van der Waals surface area (Å²) in [5, 5.41) is 2.91. The minimum Gasteiger partial charge on any atom is -0.341 e. The fourth-order valence-corrected chi connectivity index (χ4v) is 3.19. The number of aryl methyl sites for hydroxylation is 1. The molecule has 1 atom stereocenters. The molecule has 0 saturated carbocycles. The summed E-state index contributed by atoms with van der Waals surface area (Å²) in [6, 6.07) is 5.44. The van der Waals surface area contributed by atoms with Crippen molar-refractivity contribution in [2.75, 3.05) is 32.0 Å². The van der Waals surface area contributed by atoms with E-state index in [1.54, 1.807) is 4.90 Å². The molecule has 0 aromatic heterocycles. The second-order valence-electron chi connectivity index (χ2n) is 6.13. The number of halogens is 1. The highest BCUT2D eigenvalue weighted by Crippen LogP contribution is 2.20. The average Bonchev–Trinajstić information content (AvgIpc) is 3.02. The fourth-order valence-electron chi connectivity index (χ4n) is 2.71. The first kappa shape index (κ1) is 17.9. The van der Waals surface area contributed by atoms with Gasteiger partial charge in [0.2, 0.25) is 11.8 Å². The lowest BCUT2D eigenvalue weighted by atomic mass is 10.2. The van der Waals surface area contributed by atoms with Gasteiger partial charge in [-0.15, -0.1) is 0 Å². The van der Waals surface area contributed by atoms with Crippen LogP contribution in [0.2, 0.25) is 0 Å². The van der Waals surface area contributed by atoms with E-state index < -0.39 is 0 Å². The third kappa shape index (κ3) is 4.78. The number of anilines is 1. The first-order valence-electron chi connectivity index (χ1n) is 7.93. The molecule has 0 unspecified atom stereocenters. The van der Waals surface area contributed by atoms with Crippen LogP contribution in [0.4, 0.5) is 5.69 Å². The number of likely N-dealkylation sites (tertiary alicyclic amines) is 1. The smallest absolute Gasteiger partial charge is 0.239 e. The normalized spacial score (nSPS) is 15.8. The predicted molar refractivity (Wildman–Crippen MR) is 95.4 cm³/mol. The summed E-state index contributed by atoms with van der Waals surface area (Å²) < 4.78 is 0.981. The topological polar surface area (TPSA) is 52.7 Å². The third-order valence-electron chi connectivity index (χ3n) is 4.29. The maximum Gasteiger partial charge on any atom is 0.239 e. The molecule has 0 spiro atoms. The van der Waals surface area contributed by atoms with E-state index in [2.05, 4.69) is 21.2 Å². The van der Waals surface area contributed by atoms with Gasteiger partial charge in [0.1, 0.15) is 0 Å². The standard InChI is InChI=1S/C17H24BrN3O2/c1-12-10-14(18)6-7-15(12)19-16(22)11-20(3)13(2)17(23)21-8-4-5-9-21/h6-7,10,13H,4-5,8-9,11H2,1-3H3,(H,19,22)/t13-/m1/s1. The van der Waals surface area contributed by atoms with E-state index in [9.17, 15) is 9.59 Å². The molecular weight excluding hydrogens is 358 g/mol. The number of rotatable bonds is 5. The summed E-state index contributed by atoms with van der Waals surface area (Å²) in [4.78, 5) is 28.3. The zero-order valence-corrected chi connectivity index (χ0v) is 15.5. The molecule has 1 saturated heterocycles. The van der Waals surface area contributed by atoms with Gasteiger partial charge < -0.3 is 10.2 Å². The Morgan fingerprint density at radius 2 is 2.00 bits per heavy atom. The van der Waals surface area contributed by atoms with E-state index in [0.717, 1.165) is 41.7 Å². The highest BCUT2D eigenvalue weighted by Gasteiger charge is 2.26. The molecule has 1 aliphatic rings. The summed E-state index contributed by atoms with van der Waals surface area (Å²) in [6.45, 7) is 5.67. The van der Waals surface area contributed by atoms with Crippen LogP contribution in [0.3, 0.4) is 0 Å². The first-order valence-corrected chi connectivity index (χ1v) is 8.73. The van der Waals surface area contributed by atoms with Crippen LogP contribution in [-0.4, -0.2) is 54.3 Å². The minimum absolute atomic E-state index is 0.109. The van der Waals surface area contributed by atoms with Crippen molar-refractivity contribution in [3.05, 3.63) is 28.2 Å². The monoisotopic (exact) mass is 381 g/mol. The molecule has 23 heavy (non-hydrogen) atoms. The highest BCUT2D eigenvalue weighted by atomic mass is 79.9. The summed E-state index contributed by atoms with van der Waals surface area (Å²) in [7, 11) is 1.81. The van der Waals surface area contributed by atoms with Crippen LogP contribution in [0.25, 0.3) is 0 Å².